The Hall–Kier alpha value is -1.78. The van der Waals surface area contributed by atoms with Gasteiger partial charge in [0, 0.05) is 18.4 Å². The van der Waals surface area contributed by atoms with Crippen molar-refractivity contribution in [3.8, 4) is 0 Å². The zero-order valence-corrected chi connectivity index (χ0v) is 11.4. The summed E-state index contributed by atoms with van der Waals surface area (Å²) in [6.45, 7) is 3.65. The second kappa shape index (κ2) is 6.41. The molecule has 1 aromatic carbocycles. The molecule has 2 aromatic rings. The summed E-state index contributed by atoms with van der Waals surface area (Å²) in [4.78, 5) is 14.9. The molecule has 3 N–H and O–H groups in total. The maximum Gasteiger partial charge on any atom is 0.272 e. The standard InChI is InChI=1S/C14H16ClN3O/c1-2-16-8-10-5-3-4-6-12(10)18-14(19)13-7-11(15)9-17-13/h3-7,9,16-17H,2,8H2,1H3,(H,18,19). The van der Waals surface area contributed by atoms with E-state index < -0.39 is 0 Å². The van der Waals surface area contributed by atoms with Crippen LogP contribution in [0.3, 0.4) is 0 Å². The smallest absolute Gasteiger partial charge is 0.272 e. The molecule has 0 aliphatic carbocycles. The lowest BCUT2D eigenvalue weighted by Crippen LogP contribution is -2.17. The minimum atomic E-state index is -0.198. The van der Waals surface area contributed by atoms with Crippen LogP contribution in [0, 0.1) is 0 Å². The Morgan fingerprint density at radius 2 is 2.16 bits per heavy atom. The molecule has 0 bridgehead atoms. The molecule has 19 heavy (non-hydrogen) atoms. The van der Waals surface area contributed by atoms with Crippen LogP contribution in [-0.4, -0.2) is 17.4 Å². The predicted octanol–water partition coefficient (Wildman–Crippen LogP) is 3.03. The largest absolute Gasteiger partial charge is 0.356 e. The van der Waals surface area contributed by atoms with E-state index in [-0.39, 0.29) is 5.91 Å². The van der Waals surface area contributed by atoms with Gasteiger partial charge in [0.15, 0.2) is 0 Å². The maximum absolute atomic E-state index is 12.0. The topological polar surface area (TPSA) is 56.9 Å². The van der Waals surface area contributed by atoms with E-state index in [0.29, 0.717) is 10.7 Å². The molecule has 1 heterocycles. The van der Waals surface area contributed by atoms with E-state index >= 15 is 0 Å². The minimum Gasteiger partial charge on any atom is -0.356 e. The summed E-state index contributed by atoms with van der Waals surface area (Å²) >= 11 is 5.79. The quantitative estimate of drug-likeness (QED) is 0.787. The van der Waals surface area contributed by atoms with Gasteiger partial charge < -0.3 is 15.6 Å². The lowest BCUT2D eigenvalue weighted by Gasteiger charge is -2.10. The van der Waals surface area contributed by atoms with Gasteiger partial charge in [0.1, 0.15) is 5.69 Å². The Morgan fingerprint density at radius 3 is 2.84 bits per heavy atom. The van der Waals surface area contributed by atoms with Gasteiger partial charge in [-0.05, 0) is 24.2 Å². The summed E-state index contributed by atoms with van der Waals surface area (Å²) in [6.07, 6.45) is 1.58. The van der Waals surface area contributed by atoms with Crippen LogP contribution in [0.25, 0.3) is 0 Å². The van der Waals surface area contributed by atoms with E-state index in [4.69, 9.17) is 11.6 Å². The second-order valence-corrected chi connectivity index (χ2v) is 4.56. The monoisotopic (exact) mass is 277 g/mol. The van der Waals surface area contributed by atoms with Gasteiger partial charge in [-0.25, -0.2) is 0 Å². The number of benzene rings is 1. The SMILES string of the molecule is CCNCc1ccccc1NC(=O)c1cc(Cl)c[nH]1. The number of hydrogen-bond acceptors (Lipinski definition) is 2. The summed E-state index contributed by atoms with van der Waals surface area (Å²) < 4.78 is 0. The van der Waals surface area contributed by atoms with Crippen LogP contribution in [-0.2, 0) is 6.54 Å². The molecule has 2 rings (SSSR count). The normalized spacial score (nSPS) is 10.4. The third-order valence-electron chi connectivity index (χ3n) is 2.72. The number of nitrogens with one attached hydrogen (secondary N) is 3. The molecule has 0 atom stereocenters. The van der Waals surface area contributed by atoms with Gasteiger partial charge in [-0.3, -0.25) is 4.79 Å². The van der Waals surface area contributed by atoms with E-state index in [9.17, 15) is 4.79 Å². The molecule has 100 valence electrons. The van der Waals surface area contributed by atoms with Crippen LogP contribution in [0.2, 0.25) is 5.02 Å². The van der Waals surface area contributed by atoms with Crippen molar-refractivity contribution in [2.45, 2.75) is 13.5 Å². The average Bonchev–Trinajstić information content (AvgIpc) is 2.84. The van der Waals surface area contributed by atoms with Crippen LogP contribution >= 0.6 is 11.6 Å². The average molecular weight is 278 g/mol. The maximum atomic E-state index is 12.0. The number of para-hydroxylation sites is 1. The van der Waals surface area contributed by atoms with Gasteiger partial charge in [-0.2, -0.15) is 0 Å². The van der Waals surface area contributed by atoms with E-state index in [2.05, 4.69) is 15.6 Å². The second-order valence-electron chi connectivity index (χ2n) is 4.12. The van der Waals surface area contributed by atoms with Crippen molar-refractivity contribution in [1.29, 1.82) is 0 Å². The predicted molar refractivity (Wildman–Crippen MR) is 77.6 cm³/mol. The molecular formula is C14H16ClN3O. The summed E-state index contributed by atoms with van der Waals surface area (Å²) in [7, 11) is 0. The van der Waals surface area contributed by atoms with Crippen LogP contribution in [0.4, 0.5) is 5.69 Å². The number of H-pyrrole nitrogens is 1. The zero-order valence-electron chi connectivity index (χ0n) is 10.7. The fourth-order valence-corrected chi connectivity index (χ4v) is 1.91. The van der Waals surface area contributed by atoms with Gasteiger partial charge in [-0.15, -0.1) is 0 Å². The highest BCUT2D eigenvalue weighted by Crippen LogP contribution is 2.17. The van der Waals surface area contributed by atoms with Crippen molar-refractivity contribution in [3.63, 3.8) is 0 Å². The lowest BCUT2D eigenvalue weighted by atomic mass is 10.1. The fraction of sp³-hybridized carbons (Fsp3) is 0.214. The summed E-state index contributed by atoms with van der Waals surface area (Å²) in [5, 5.41) is 6.64. The van der Waals surface area contributed by atoms with Gasteiger partial charge in [0.2, 0.25) is 0 Å². The lowest BCUT2D eigenvalue weighted by molar-refractivity contribution is 0.102. The van der Waals surface area contributed by atoms with E-state index in [1.807, 2.05) is 31.2 Å². The summed E-state index contributed by atoms with van der Waals surface area (Å²) in [5.41, 5.74) is 2.30. The first-order chi connectivity index (χ1) is 9.20. The third-order valence-corrected chi connectivity index (χ3v) is 2.94. The van der Waals surface area contributed by atoms with E-state index in [0.717, 1.165) is 24.3 Å². The number of aromatic amines is 1. The number of halogens is 1. The summed E-state index contributed by atoms with van der Waals surface area (Å²) in [5.74, 6) is -0.198. The molecule has 0 spiro atoms. The van der Waals surface area contributed by atoms with Crippen LogP contribution in [0.1, 0.15) is 23.0 Å². The fourth-order valence-electron chi connectivity index (χ4n) is 1.74. The van der Waals surface area contributed by atoms with Gasteiger partial charge in [0.05, 0.1) is 5.02 Å². The van der Waals surface area contributed by atoms with Gasteiger partial charge in [0.25, 0.3) is 5.91 Å². The number of aromatic nitrogens is 1. The highest BCUT2D eigenvalue weighted by molar-refractivity contribution is 6.31. The highest BCUT2D eigenvalue weighted by Gasteiger charge is 2.10. The van der Waals surface area contributed by atoms with Crippen LogP contribution in [0.15, 0.2) is 36.5 Å². The van der Waals surface area contributed by atoms with Crippen molar-refractivity contribution in [2.24, 2.45) is 0 Å². The molecule has 1 aromatic heterocycles. The van der Waals surface area contributed by atoms with Crippen molar-refractivity contribution >= 4 is 23.2 Å². The number of rotatable bonds is 5. The first kappa shape index (κ1) is 13.6. The van der Waals surface area contributed by atoms with Crippen molar-refractivity contribution in [2.75, 3.05) is 11.9 Å². The number of anilines is 1. The molecule has 1 amide bonds. The molecule has 0 aliphatic rings. The first-order valence-corrected chi connectivity index (χ1v) is 6.52. The molecule has 0 saturated carbocycles. The molecule has 4 nitrogen and oxygen atoms in total. The molecular weight excluding hydrogens is 262 g/mol. The molecule has 5 heteroatoms. The number of amides is 1. The number of carbonyl (C=O) groups is 1. The van der Waals surface area contributed by atoms with Gasteiger partial charge >= 0.3 is 0 Å². The van der Waals surface area contributed by atoms with E-state index in [1.54, 1.807) is 12.3 Å². The van der Waals surface area contributed by atoms with Crippen molar-refractivity contribution in [1.82, 2.24) is 10.3 Å². The Balaban J connectivity index is 2.12. The van der Waals surface area contributed by atoms with Crippen molar-refractivity contribution in [3.05, 3.63) is 52.8 Å². The van der Waals surface area contributed by atoms with Crippen molar-refractivity contribution < 1.29 is 4.79 Å². The van der Waals surface area contributed by atoms with E-state index in [1.165, 1.54) is 0 Å². The molecule has 0 radical (unpaired) electrons. The van der Waals surface area contributed by atoms with Crippen LogP contribution < -0.4 is 10.6 Å². The molecule has 0 unspecified atom stereocenters. The highest BCUT2D eigenvalue weighted by atomic mass is 35.5. The first-order valence-electron chi connectivity index (χ1n) is 6.14. The Kier molecular flexibility index (Phi) is 4.60. The number of hydrogen-bond donors (Lipinski definition) is 3. The Bertz CT molecular complexity index is 565. The molecule has 0 saturated heterocycles. The third kappa shape index (κ3) is 3.59. The minimum absolute atomic E-state index is 0.198. The summed E-state index contributed by atoms with van der Waals surface area (Å²) in [6, 6.07) is 9.32. The Morgan fingerprint density at radius 1 is 1.37 bits per heavy atom. The molecule has 0 aliphatic heterocycles. The zero-order chi connectivity index (χ0) is 13.7. The number of carbonyl (C=O) groups excluding carboxylic acids is 1. The molecule has 0 fully saturated rings. The van der Waals surface area contributed by atoms with Crippen LogP contribution in [0.5, 0.6) is 0 Å². The Labute approximate surface area is 117 Å². The van der Waals surface area contributed by atoms with Gasteiger partial charge in [-0.1, -0.05) is 36.7 Å².